The van der Waals surface area contributed by atoms with Crippen molar-refractivity contribution in [2.75, 3.05) is 26.8 Å². The zero-order chi connectivity index (χ0) is 18.3. The van der Waals surface area contributed by atoms with Crippen LogP contribution in [0.25, 0.3) is 0 Å². The zero-order valence-corrected chi connectivity index (χ0v) is 14.9. The minimum atomic E-state index is -0.949. The molecule has 3 heterocycles. The van der Waals surface area contributed by atoms with Crippen LogP contribution in [0.5, 0.6) is 11.5 Å². The summed E-state index contributed by atoms with van der Waals surface area (Å²) in [4.78, 5) is 14.3. The Morgan fingerprint density at radius 3 is 3.00 bits per heavy atom. The summed E-state index contributed by atoms with van der Waals surface area (Å²) in [5, 5.41) is 14.0. The molecule has 0 unspecified atom stereocenters. The second-order valence-electron chi connectivity index (χ2n) is 7.01. The lowest BCUT2D eigenvalue weighted by molar-refractivity contribution is -0.151. The highest BCUT2D eigenvalue weighted by Gasteiger charge is 2.56. The van der Waals surface area contributed by atoms with Crippen LogP contribution < -0.4 is 9.47 Å². The van der Waals surface area contributed by atoms with Crippen molar-refractivity contribution in [2.45, 2.75) is 25.8 Å². The molecule has 1 fully saturated rings. The van der Waals surface area contributed by atoms with Crippen LogP contribution in [-0.4, -0.2) is 47.9 Å². The highest BCUT2D eigenvalue weighted by molar-refractivity contribution is 5.78. The molecule has 0 bridgehead atoms. The molecular formula is C19H22N2O5. The number of hydrogen-bond acceptors (Lipinski definition) is 6. The van der Waals surface area contributed by atoms with E-state index in [1.54, 1.807) is 7.11 Å². The smallest absolute Gasteiger partial charge is 0.315 e. The second kappa shape index (κ2) is 6.32. The molecular weight excluding hydrogens is 336 g/mol. The van der Waals surface area contributed by atoms with E-state index in [1.807, 2.05) is 31.2 Å². The lowest BCUT2D eigenvalue weighted by Gasteiger charge is -2.36. The van der Waals surface area contributed by atoms with Gasteiger partial charge in [-0.25, -0.2) is 0 Å². The van der Waals surface area contributed by atoms with Gasteiger partial charge in [-0.1, -0.05) is 18.1 Å². The molecule has 2 atom stereocenters. The van der Waals surface area contributed by atoms with E-state index in [0.29, 0.717) is 31.1 Å². The zero-order valence-electron chi connectivity index (χ0n) is 14.9. The molecule has 0 amide bonds. The first kappa shape index (κ1) is 16.9. The molecule has 0 spiro atoms. The fraction of sp³-hybridized carbons (Fsp3) is 0.474. The molecule has 0 radical (unpaired) electrons. The van der Waals surface area contributed by atoms with E-state index in [9.17, 15) is 9.90 Å². The predicted molar refractivity (Wildman–Crippen MR) is 92.5 cm³/mol. The number of rotatable bonds is 5. The summed E-state index contributed by atoms with van der Waals surface area (Å²) in [5.74, 6) is 1.22. The normalized spacial score (nSPS) is 24.6. The average molecular weight is 358 g/mol. The molecule has 1 N–H and O–H groups in total. The summed E-state index contributed by atoms with van der Waals surface area (Å²) in [6, 6.07) is 7.54. The van der Waals surface area contributed by atoms with Crippen LogP contribution in [0.1, 0.15) is 29.9 Å². The summed E-state index contributed by atoms with van der Waals surface area (Å²) < 4.78 is 16.5. The molecule has 0 aliphatic carbocycles. The summed E-state index contributed by atoms with van der Waals surface area (Å²) in [6.07, 6.45) is 0.814. The molecule has 138 valence electrons. The molecule has 2 aliphatic rings. The van der Waals surface area contributed by atoms with Gasteiger partial charge in [0, 0.05) is 36.7 Å². The first-order valence-corrected chi connectivity index (χ1v) is 8.76. The average Bonchev–Trinajstić information content (AvgIpc) is 3.26. The van der Waals surface area contributed by atoms with Gasteiger partial charge in [-0.05, 0) is 12.5 Å². The highest BCUT2D eigenvalue weighted by atomic mass is 16.5. The number of carboxylic acid groups (broad SMARTS) is 1. The van der Waals surface area contributed by atoms with Crippen molar-refractivity contribution in [3.63, 3.8) is 0 Å². The number of fused-ring (bicyclic) bond motifs is 3. The molecule has 2 aliphatic heterocycles. The molecule has 7 heteroatoms. The Morgan fingerprint density at radius 2 is 2.31 bits per heavy atom. The largest absolute Gasteiger partial charge is 0.497 e. The van der Waals surface area contributed by atoms with Crippen LogP contribution in [0, 0.1) is 5.41 Å². The quantitative estimate of drug-likeness (QED) is 0.878. The van der Waals surface area contributed by atoms with E-state index in [2.05, 4.69) is 10.1 Å². The maximum absolute atomic E-state index is 12.2. The van der Waals surface area contributed by atoms with Crippen LogP contribution in [0.4, 0.5) is 0 Å². The molecule has 7 nitrogen and oxygen atoms in total. The number of hydrogen-bond donors (Lipinski definition) is 1. The number of carbonyl (C=O) groups is 1. The van der Waals surface area contributed by atoms with Crippen molar-refractivity contribution in [1.82, 2.24) is 10.1 Å². The van der Waals surface area contributed by atoms with Crippen molar-refractivity contribution in [3.8, 4) is 11.5 Å². The Balaban J connectivity index is 1.63. The van der Waals surface area contributed by atoms with E-state index in [0.717, 1.165) is 23.4 Å². The Kier molecular flexibility index (Phi) is 4.11. The third-order valence-corrected chi connectivity index (χ3v) is 5.47. The van der Waals surface area contributed by atoms with Crippen LogP contribution >= 0.6 is 0 Å². The third-order valence-electron chi connectivity index (χ3n) is 5.47. The van der Waals surface area contributed by atoms with Crippen LogP contribution in [0.15, 0.2) is 28.8 Å². The van der Waals surface area contributed by atoms with Gasteiger partial charge in [0.15, 0.2) is 5.76 Å². The van der Waals surface area contributed by atoms with Gasteiger partial charge in [0.05, 0.1) is 19.3 Å². The summed E-state index contributed by atoms with van der Waals surface area (Å²) in [6.45, 7) is 3.77. The monoisotopic (exact) mass is 358 g/mol. The number of aromatic nitrogens is 1. The number of likely N-dealkylation sites (tertiary alicyclic amines) is 1. The number of aryl methyl sites for hydroxylation is 1. The van der Waals surface area contributed by atoms with Gasteiger partial charge in [0.25, 0.3) is 0 Å². The van der Waals surface area contributed by atoms with Crippen LogP contribution in [0.3, 0.4) is 0 Å². The standard InChI is InChI=1S/C19H22N2O5/c1-3-12-6-14(26-20-12)8-21-9-16-15-5-4-13(24-2)7-17(15)25-11-19(16,10-21)18(22)23/h4-7,16H,3,8-11H2,1-2H3,(H,22,23)/t16-,19-/m1/s1. The van der Waals surface area contributed by atoms with Gasteiger partial charge in [-0.15, -0.1) is 0 Å². The predicted octanol–water partition coefficient (Wildman–Crippen LogP) is 2.31. The van der Waals surface area contributed by atoms with Gasteiger partial charge in [0.1, 0.15) is 23.5 Å². The highest BCUT2D eigenvalue weighted by Crippen LogP contribution is 2.50. The first-order valence-electron chi connectivity index (χ1n) is 8.76. The molecule has 1 aromatic heterocycles. The number of benzene rings is 1. The van der Waals surface area contributed by atoms with E-state index >= 15 is 0 Å². The van der Waals surface area contributed by atoms with Gasteiger partial charge in [-0.3, -0.25) is 9.69 Å². The van der Waals surface area contributed by atoms with Crippen molar-refractivity contribution >= 4 is 5.97 Å². The Bertz CT molecular complexity index is 833. The number of carboxylic acids is 1. The number of ether oxygens (including phenoxy) is 2. The first-order chi connectivity index (χ1) is 12.6. The minimum Gasteiger partial charge on any atom is -0.497 e. The summed E-state index contributed by atoms with van der Waals surface area (Å²) in [7, 11) is 1.60. The van der Waals surface area contributed by atoms with E-state index in [1.165, 1.54) is 0 Å². The minimum absolute atomic E-state index is 0.136. The molecule has 1 saturated heterocycles. The Hall–Kier alpha value is -2.54. The summed E-state index contributed by atoms with van der Waals surface area (Å²) in [5.41, 5.74) is 0.883. The molecule has 4 rings (SSSR count). The van der Waals surface area contributed by atoms with E-state index in [4.69, 9.17) is 14.0 Å². The summed E-state index contributed by atoms with van der Waals surface area (Å²) >= 11 is 0. The molecule has 0 saturated carbocycles. The van der Waals surface area contributed by atoms with Gasteiger partial charge < -0.3 is 19.1 Å². The third kappa shape index (κ3) is 2.63. The van der Waals surface area contributed by atoms with Crippen LogP contribution in [0.2, 0.25) is 0 Å². The van der Waals surface area contributed by atoms with E-state index in [-0.39, 0.29) is 12.5 Å². The lowest BCUT2D eigenvalue weighted by atomic mass is 9.73. The lowest BCUT2D eigenvalue weighted by Crippen LogP contribution is -2.45. The number of nitrogens with zero attached hydrogens (tertiary/aromatic N) is 2. The topological polar surface area (TPSA) is 85.0 Å². The maximum atomic E-state index is 12.2. The van der Waals surface area contributed by atoms with Crippen molar-refractivity contribution < 1.29 is 23.9 Å². The van der Waals surface area contributed by atoms with Crippen LogP contribution in [-0.2, 0) is 17.8 Å². The van der Waals surface area contributed by atoms with Crippen molar-refractivity contribution in [3.05, 3.63) is 41.3 Å². The SMILES string of the molecule is CCc1cc(CN2C[C@@H]3c4ccc(OC)cc4OC[C@]3(C(=O)O)C2)on1. The van der Waals surface area contributed by atoms with Gasteiger partial charge in [-0.2, -0.15) is 0 Å². The van der Waals surface area contributed by atoms with Gasteiger partial charge >= 0.3 is 5.97 Å². The van der Waals surface area contributed by atoms with E-state index < -0.39 is 11.4 Å². The maximum Gasteiger partial charge on any atom is 0.315 e. The fourth-order valence-electron chi connectivity index (χ4n) is 4.03. The van der Waals surface area contributed by atoms with Crippen molar-refractivity contribution in [2.24, 2.45) is 5.41 Å². The second-order valence-corrected chi connectivity index (χ2v) is 7.01. The molecule has 2 aromatic rings. The number of methoxy groups -OCH3 is 1. The molecule has 26 heavy (non-hydrogen) atoms. The Labute approximate surface area is 151 Å². The van der Waals surface area contributed by atoms with Crippen molar-refractivity contribution in [1.29, 1.82) is 0 Å². The molecule has 1 aromatic carbocycles. The number of aliphatic carboxylic acids is 1. The fourth-order valence-corrected chi connectivity index (χ4v) is 4.03. The Morgan fingerprint density at radius 1 is 1.46 bits per heavy atom. The van der Waals surface area contributed by atoms with Gasteiger partial charge in [0.2, 0.25) is 0 Å².